The zero-order chi connectivity index (χ0) is 15.2. The summed E-state index contributed by atoms with van der Waals surface area (Å²) in [5, 5.41) is 5.79. The maximum Gasteiger partial charge on any atom is 0.271 e. The summed E-state index contributed by atoms with van der Waals surface area (Å²) in [6, 6.07) is 0.141. The first-order chi connectivity index (χ1) is 10.1. The van der Waals surface area contributed by atoms with Crippen LogP contribution in [0, 0.1) is 5.92 Å². The Hall–Kier alpha value is -0.400. The van der Waals surface area contributed by atoms with Gasteiger partial charge in [-0.25, -0.2) is 4.98 Å². The highest BCUT2D eigenvalue weighted by Gasteiger charge is 2.19. The molecule has 1 aromatic heterocycles. The van der Waals surface area contributed by atoms with Crippen molar-refractivity contribution >= 4 is 42.1 Å². The number of aromatic nitrogens is 1. The van der Waals surface area contributed by atoms with E-state index < -0.39 is 0 Å². The third kappa shape index (κ3) is 7.35. The van der Waals surface area contributed by atoms with E-state index in [2.05, 4.69) is 29.0 Å². The van der Waals surface area contributed by atoms with Crippen molar-refractivity contribution < 1.29 is 4.79 Å². The van der Waals surface area contributed by atoms with Gasteiger partial charge in [-0.3, -0.25) is 4.79 Å². The molecule has 3 N–H and O–H groups in total. The average Bonchev–Trinajstić information content (AvgIpc) is 2.87. The molecule has 5 nitrogen and oxygen atoms in total. The molecule has 0 spiro atoms. The van der Waals surface area contributed by atoms with E-state index in [0.29, 0.717) is 12.2 Å². The molecule has 23 heavy (non-hydrogen) atoms. The summed E-state index contributed by atoms with van der Waals surface area (Å²) < 4.78 is 0. The fraction of sp³-hybridized carbons (Fsp3) is 0.733. The second-order valence-electron chi connectivity index (χ2n) is 6.05. The van der Waals surface area contributed by atoms with E-state index in [1.165, 1.54) is 24.2 Å². The van der Waals surface area contributed by atoms with E-state index in [9.17, 15) is 4.79 Å². The molecule has 1 aromatic rings. The number of rotatable bonds is 6. The van der Waals surface area contributed by atoms with Gasteiger partial charge in [0, 0.05) is 30.9 Å². The van der Waals surface area contributed by atoms with E-state index in [4.69, 9.17) is 5.73 Å². The lowest BCUT2D eigenvalue weighted by atomic mass is 10.00. The lowest BCUT2D eigenvalue weighted by molar-refractivity contribution is 0.0915. The Labute approximate surface area is 155 Å². The van der Waals surface area contributed by atoms with Gasteiger partial charge in [0.1, 0.15) is 5.69 Å². The second kappa shape index (κ2) is 11.2. The summed E-state index contributed by atoms with van der Waals surface area (Å²) in [7, 11) is 0. The number of nitrogens with two attached hydrogens (primary N) is 1. The third-order valence-corrected chi connectivity index (χ3v) is 4.70. The van der Waals surface area contributed by atoms with Crippen LogP contribution in [-0.2, 0) is 6.42 Å². The summed E-state index contributed by atoms with van der Waals surface area (Å²) in [5.74, 6) is 0.686. The molecule has 1 aliphatic heterocycles. The smallest absolute Gasteiger partial charge is 0.271 e. The predicted molar refractivity (Wildman–Crippen MR) is 101 cm³/mol. The van der Waals surface area contributed by atoms with Gasteiger partial charge in [-0.15, -0.1) is 36.2 Å². The van der Waals surface area contributed by atoms with Gasteiger partial charge in [0.25, 0.3) is 5.91 Å². The number of piperidine rings is 1. The number of hydrogen-bond acceptors (Lipinski definition) is 5. The quantitative estimate of drug-likeness (QED) is 0.791. The molecule has 0 bridgehead atoms. The Morgan fingerprint density at radius 1 is 1.57 bits per heavy atom. The van der Waals surface area contributed by atoms with Crippen molar-refractivity contribution in [3.05, 3.63) is 16.1 Å². The Kier molecular flexibility index (Phi) is 11.0. The Bertz CT molecular complexity index is 472. The van der Waals surface area contributed by atoms with Gasteiger partial charge in [0.15, 0.2) is 0 Å². The normalized spacial score (nSPS) is 19.3. The highest BCUT2D eigenvalue weighted by molar-refractivity contribution is 7.09. The number of halogens is 2. The molecule has 1 saturated heterocycles. The highest BCUT2D eigenvalue weighted by Crippen LogP contribution is 2.15. The molecule has 0 aromatic carbocycles. The van der Waals surface area contributed by atoms with Crippen molar-refractivity contribution in [2.45, 2.75) is 39.2 Å². The standard InChI is InChI=1S/C15H26N4OS.2ClH/c1-11-4-3-7-19(8-11)9-12(2)17-15(20)13-10-21-14(18-13)5-6-16;;/h10-12H,3-9,16H2,1-2H3,(H,17,20);2*1H. The van der Waals surface area contributed by atoms with Crippen LogP contribution in [0.15, 0.2) is 5.38 Å². The average molecular weight is 383 g/mol. The summed E-state index contributed by atoms with van der Waals surface area (Å²) in [6.07, 6.45) is 3.31. The number of nitrogens with one attached hydrogen (secondary N) is 1. The van der Waals surface area contributed by atoms with E-state index in [1.54, 1.807) is 0 Å². The summed E-state index contributed by atoms with van der Waals surface area (Å²) in [4.78, 5) is 18.9. The van der Waals surface area contributed by atoms with Crippen LogP contribution in [0.1, 0.15) is 42.2 Å². The van der Waals surface area contributed by atoms with Crippen molar-refractivity contribution in [3.63, 3.8) is 0 Å². The molecule has 0 aliphatic carbocycles. The van der Waals surface area contributed by atoms with Crippen molar-refractivity contribution in [2.75, 3.05) is 26.2 Å². The molecule has 2 rings (SSSR count). The van der Waals surface area contributed by atoms with E-state index in [-0.39, 0.29) is 36.8 Å². The highest BCUT2D eigenvalue weighted by atomic mass is 35.5. The minimum absolute atomic E-state index is 0. The van der Waals surface area contributed by atoms with Crippen molar-refractivity contribution in [2.24, 2.45) is 11.7 Å². The van der Waals surface area contributed by atoms with Gasteiger partial charge in [-0.05, 0) is 38.8 Å². The fourth-order valence-corrected chi connectivity index (χ4v) is 3.63. The van der Waals surface area contributed by atoms with Crippen LogP contribution in [0.25, 0.3) is 0 Å². The number of nitrogens with zero attached hydrogens (tertiary/aromatic N) is 2. The summed E-state index contributed by atoms with van der Waals surface area (Å²) >= 11 is 1.50. The van der Waals surface area contributed by atoms with Crippen LogP contribution < -0.4 is 11.1 Å². The van der Waals surface area contributed by atoms with E-state index in [1.807, 2.05) is 5.38 Å². The van der Waals surface area contributed by atoms with Crippen LogP contribution in [-0.4, -0.2) is 48.0 Å². The van der Waals surface area contributed by atoms with Gasteiger partial charge in [-0.1, -0.05) is 6.92 Å². The SMILES string of the molecule is CC1CCCN(CC(C)NC(=O)c2csc(CCN)n2)C1.Cl.Cl. The largest absolute Gasteiger partial charge is 0.347 e. The Balaban J connectivity index is 0.00000242. The van der Waals surface area contributed by atoms with Gasteiger partial charge in [-0.2, -0.15) is 0 Å². The van der Waals surface area contributed by atoms with E-state index in [0.717, 1.165) is 37.0 Å². The number of amides is 1. The van der Waals surface area contributed by atoms with Gasteiger partial charge >= 0.3 is 0 Å². The molecule has 1 aliphatic rings. The van der Waals surface area contributed by atoms with Gasteiger partial charge in [0.05, 0.1) is 5.01 Å². The number of carbonyl (C=O) groups excluding carboxylic acids is 1. The molecule has 2 unspecified atom stereocenters. The zero-order valence-corrected chi connectivity index (χ0v) is 16.2. The first kappa shape index (κ1) is 22.6. The number of thiazole rings is 1. The predicted octanol–water partition coefficient (Wildman–Crippen LogP) is 2.34. The van der Waals surface area contributed by atoms with Gasteiger partial charge in [0.2, 0.25) is 0 Å². The number of likely N-dealkylation sites (tertiary alicyclic amines) is 1. The first-order valence-corrected chi connectivity index (χ1v) is 8.64. The van der Waals surface area contributed by atoms with E-state index >= 15 is 0 Å². The van der Waals surface area contributed by atoms with Crippen molar-refractivity contribution in [1.29, 1.82) is 0 Å². The molecular weight excluding hydrogens is 355 g/mol. The maximum atomic E-state index is 12.2. The molecule has 0 radical (unpaired) electrons. The molecule has 1 amide bonds. The lowest BCUT2D eigenvalue weighted by Crippen LogP contribution is -2.45. The second-order valence-corrected chi connectivity index (χ2v) is 6.99. The molecule has 2 atom stereocenters. The first-order valence-electron chi connectivity index (χ1n) is 7.76. The lowest BCUT2D eigenvalue weighted by Gasteiger charge is -2.32. The van der Waals surface area contributed by atoms with Crippen molar-refractivity contribution in [1.82, 2.24) is 15.2 Å². The fourth-order valence-electron chi connectivity index (χ4n) is 2.84. The Morgan fingerprint density at radius 2 is 2.30 bits per heavy atom. The molecule has 134 valence electrons. The van der Waals surface area contributed by atoms with Gasteiger partial charge < -0.3 is 16.0 Å². The minimum atomic E-state index is -0.0768. The minimum Gasteiger partial charge on any atom is -0.347 e. The topological polar surface area (TPSA) is 71.2 Å². The maximum absolute atomic E-state index is 12.2. The van der Waals surface area contributed by atoms with Crippen LogP contribution in [0.3, 0.4) is 0 Å². The number of hydrogen-bond donors (Lipinski definition) is 2. The Morgan fingerprint density at radius 3 is 2.96 bits per heavy atom. The monoisotopic (exact) mass is 382 g/mol. The summed E-state index contributed by atoms with van der Waals surface area (Å²) in [5.41, 5.74) is 6.02. The van der Waals surface area contributed by atoms with Crippen LogP contribution in [0.5, 0.6) is 0 Å². The molecular formula is C15H28Cl2N4OS. The molecule has 0 saturated carbocycles. The third-order valence-electron chi connectivity index (χ3n) is 3.79. The molecule has 2 heterocycles. The van der Waals surface area contributed by atoms with Crippen LogP contribution >= 0.6 is 36.2 Å². The summed E-state index contributed by atoms with van der Waals surface area (Å²) in [6.45, 7) is 8.11. The molecule has 1 fully saturated rings. The number of carbonyl (C=O) groups is 1. The van der Waals surface area contributed by atoms with Crippen LogP contribution in [0.4, 0.5) is 0 Å². The van der Waals surface area contributed by atoms with Crippen LogP contribution in [0.2, 0.25) is 0 Å². The molecule has 8 heteroatoms. The van der Waals surface area contributed by atoms with Crippen molar-refractivity contribution in [3.8, 4) is 0 Å². The zero-order valence-electron chi connectivity index (χ0n) is 13.8.